The number of ether oxygens (including phenoxy) is 3. The minimum absolute atomic E-state index is 0.147. The van der Waals surface area contributed by atoms with Crippen molar-refractivity contribution in [3.63, 3.8) is 0 Å². The molecule has 5 heteroatoms. The smallest absolute Gasteiger partial charge is 0.330 e. The summed E-state index contributed by atoms with van der Waals surface area (Å²) in [5, 5.41) is 9.16. The zero-order valence-corrected chi connectivity index (χ0v) is 15.3. The van der Waals surface area contributed by atoms with Gasteiger partial charge in [-0.05, 0) is 48.2 Å². The first-order chi connectivity index (χ1) is 12.5. The summed E-state index contributed by atoms with van der Waals surface area (Å²) >= 11 is 0. The van der Waals surface area contributed by atoms with Crippen LogP contribution in [0, 0.1) is 0 Å². The zero-order chi connectivity index (χ0) is 19.2. The van der Waals surface area contributed by atoms with Gasteiger partial charge in [0.05, 0.1) is 14.2 Å². The number of carbonyl (C=O) groups is 1. The fourth-order valence-electron chi connectivity index (χ4n) is 2.95. The summed E-state index contributed by atoms with van der Waals surface area (Å²) in [5.41, 5.74) is 1.15. The quantitative estimate of drug-likeness (QED) is 0.688. The predicted molar refractivity (Wildman–Crippen MR) is 99.8 cm³/mol. The molecule has 0 aliphatic heterocycles. The van der Waals surface area contributed by atoms with E-state index in [9.17, 15) is 4.79 Å². The maximum absolute atomic E-state index is 11.2. The van der Waals surface area contributed by atoms with Gasteiger partial charge in [-0.1, -0.05) is 30.8 Å². The number of aliphatic carboxylic acids is 1. The van der Waals surface area contributed by atoms with E-state index in [2.05, 4.69) is 6.58 Å². The topological polar surface area (TPSA) is 65.0 Å². The molecule has 0 amide bonds. The van der Waals surface area contributed by atoms with E-state index in [1.807, 2.05) is 48.5 Å². The van der Waals surface area contributed by atoms with E-state index >= 15 is 0 Å². The number of carboxylic acid groups (broad SMARTS) is 1. The highest BCUT2D eigenvalue weighted by Gasteiger charge is 2.34. The molecule has 0 bridgehead atoms. The Morgan fingerprint density at radius 1 is 0.923 bits per heavy atom. The van der Waals surface area contributed by atoms with Crippen molar-refractivity contribution >= 4 is 5.97 Å². The van der Waals surface area contributed by atoms with Crippen LogP contribution < -0.4 is 9.47 Å². The molecule has 0 heterocycles. The molecule has 0 saturated heterocycles. The van der Waals surface area contributed by atoms with Crippen LogP contribution in [0.3, 0.4) is 0 Å². The van der Waals surface area contributed by atoms with Crippen molar-refractivity contribution in [1.82, 2.24) is 0 Å². The lowest BCUT2D eigenvalue weighted by Crippen LogP contribution is -2.30. The lowest BCUT2D eigenvalue weighted by atomic mass is 9.81. The van der Waals surface area contributed by atoms with Gasteiger partial charge in [0.25, 0.3) is 0 Å². The summed E-state index contributed by atoms with van der Waals surface area (Å²) < 4.78 is 16.4. The minimum atomic E-state index is -1.00. The van der Waals surface area contributed by atoms with E-state index in [1.165, 1.54) is 0 Å². The summed E-state index contributed by atoms with van der Waals surface area (Å²) in [6.07, 6.45) is 0.731. The molecule has 5 nitrogen and oxygen atoms in total. The van der Waals surface area contributed by atoms with Crippen molar-refractivity contribution in [2.45, 2.75) is 18.4 Å². The van der Waals surface area contributed by atoms with E-state index in [1.54, 1.807) is 21.3 Å². The van der Waals surface area contributed by atoms with E-state index in [4.69, 9.17) is 19.3 Å². The Bertz CT molecular complexity index is 699. The van der Waals surface area contributed by atoms with Gasteiger partial charge >= 0.3 is 5.97 Å². The standard InChI is InChI=1S/C21H24O5/c1-15(20(22)23)13-14-21(26-4,16-5-9-18(24-2)10-6-16)17-7-11-19(25-3)12-8-17/h5-12H,1,13-14H2,2-4H3,(H,22,23). The molecule has 0 aliphatic rings. The molecule has 1 N–H and O–H groups in total. The molecule has 0 atom stereocenters. The molecule has 0 aliphatic carbocycles. The largest absolute Gasteiger partial charge is 0.497 e. The maximum Gasteiger partial charge on any atom is 0.330 e. The first-order valence-electron chi connectivity index (χ1n) is 8.22. The number of hydrogen-bond acceptors (Lipinski definition) is 4. The van der Waals surface area contributed by atoms with Crippen LogP contribution >= 0.6 is 0 Å². The van der Waals surface area contributed by atoms with Gasteiger partial charge in [-0.2, -0.15) is 0 Å². The third-order valence-corrected chi connectivity index (χ3v) is 4.54. The number of rotatable bonds is 9. The summed E-state index contributed by atoms with van der Waals surface area (Å²) in [6, 6.07) is 15.1. The van der Waals surface area contributed by atoms with E-state index < -0.39 is 11.6 Å². The Morgan fingerprint density at radius 2 is 1.35 bits per heavy atom. The number of hydrogen-bond donors (Lipinski definition) is 1. The number of carboxylic acids is 1. The molecule has 138 valence electrons. The lowest BCUT2D eigenvalue weighted by Gasteiger charge is -2.34. The van der Waals surface area contributed by atoms with Crippen LogP contribution in [0.1, 0.15) is 24.0 Å². The molecular formula is C21H24O5. The summed E-state index contributed by atoms with van der Waals surface area (Å²) in [7, 11) is 4.84. The van der Waals surface area contributed by atoms with Crippen LogP contribution in [-0.2, 0) is 15.1 Å². The Balaban J connectivity index is 2.48. The summed E-state index contributed by atoms with van der Waals surface area (Å²) in [6.45, 7) is 3.64. The predicted octanol–water partition coefficient (Wildman–Crippen LogP) is 4.01. The monoisotopic (exact) mass is 356 g/mol. The van der Waals surface area contributed by atoms with Crippen molar-refractivity contribution in [2.75, 3.05) is 21.3 Å². The van der Waals surface area contributed by atoms with Crippen LogP contribution in [0.2, 0.25) is 0 Å². The third-order valence-electron chi connectivity index (χ3n) is 4.54. The number of benzene rings is 2. The minimum Gasteiger partial charge on any atom is -0.497 e. The van der Waals surface area contributed by atoms with E-state index in [-0.39, 0.29) is 5.57 Å². The molecule has 2 aromatic carbocycles. The second-order valence-corrected chi connectivity index (χ2v) is 5.90. The number of methoxy groups -OCH3 is 3. The molecule has 2 aromatic rings. The average Bonchev–Trinajstić information content (AvgIpc) is 2.69. The van der Waals surface area contributed by atoms with Crippen molar-refractivity contribution in [2.24, 2.45) is 0 Å². The van der Waals surface area contributed by atoms with Gasteiger partial charge in [0.1, 0.15) is 17.1 Å². The molecule has 0 spiro atoms. The van der Waals surface area contributed by atoms with Crippen molar-refractivity contribution in [3.8, 4) is 11.5 Å². The molecule has 0 unspecified atom stereocenters. The molecule has 0 radical (unpaired) electrons. The molecule has 0 aromatic heterocycles. The second kappa shape index (κ2) is 8.54. The third kappa shape index (κ3) is 4.06. The summed E-state index contributed by atoms with van der Waals surface area (Å²) in [5.74, 6) is 0.478. The maximum atomic E-state index is 11.2. The molecular weight excluding hydrogens is 332 g/mol. The van der Waals surface area contributed by atoms with Crippen molar-refractivity contribution < 1.29 is 24.1 Å². The Kier molecular flexibility index (Phi) is 6.41. The van der Waals surface area contributed by atoms with Crippen LogP contribution in [0.25, 0.3) is 0 Å². The first kappa shape index (κ1) is 19.5. The van der Waals surface area contributed by atoms with Gasteiger partial charge < -0.3 is 19.3 Å². The Labute approximate surface area is 153 Å². The Morgan fingerprint density at radius 3 is 1.65 bits per heavy atom. The highest BCUT2D eigenvalue weighted by Crippen LogP contribution is 2.39. The molecule has 0 saturated carbocycles. The van der Waals surface area contributed by atoms with Gasteiger partial charge in [-0.3, -0.25) is 0 Å². The molecule has 2 rings (SSSR count). The zero-order valence-electron chi connectivity index (χ0n) is 15.3. The van der Waals surface area contributed by atoms with Crippen molar-refractivity contribution in [1.29, 1.82) is 0 Å². The van der Waals surface area contributed by atoms with E-state index in [0.29, 0.717) is 12.8 Å². The van der Waals surface area contributed by atoms with Crippen molar-refractivity contribution in [3.05, 3.63) is 71.8 Å². The normalized spacial score (nSPS) is 11.0. The van der Waals surface area contributed by atoms with Crippen LogP contribution in [-0.4, -0.2) is 32.4 Å². The molecule has 26 heavy (non-hydrogen) atoms. The fourth-order valence-corrected chi connectivity index (χ4v) is 2.95. The SMILES string of the molecule is C=C(CCC(OC)(c1ccc(OC)cc1)c1ccc(OC)cc1)C(=O)O. The van der Waals surface area contributed by atoms with Gasteiger partial charge in [0.15, 0.2) is 0 Å². The van der Waals surface area contributed by atoms with Crippen LogP contribution in [0.15, 0.2) is 60.7 Å². The average molecular weight is 356 g/mol. The van der Waals surface area contributed by atoms with Gasteiger partial charge in [-0.15, -0.1) is 0 Å². The highest BCUT2D eigenvalue weighted by atomic mass is 16.5. The molecule has 0 fully saturated rings. The first-order valence-corrected chi connectivity index (χ1v) is 8.22. The Hall–Kier alpha value is -2.79. The summed E-state index contributed by atoms with van der Waals surface area (Å²) in [4.78, 5) is 11.2. The fraction of sp³-hybridized carbons (Fsp3) is 0.286. The van der Waals surface area contributed by atoms with Crippen LogP contribution in [0.5, 0.6) is 11.5 Å². The van der Waals surface area contributed by atoms with Gasteiger partial charge in [0.2, 0.25) is 0 Å². The van der Waals surface area contributed by atoms with E-state index in [0.717, 1.165) is 22.6 Å². The van der Waals surface area contributed by atoms with Crippen LogP contribution in [0.4, 0.5) is 0 Å². The lowest BCUT2D eigenvalue weighted by molar-refractivity contribution is -0.132. The van der Waals surface area contributed by atoms with Gasteiger partial charge in [-0.25, -0.2) is 4.79 Å². The highest BCUT2D eigenvalue weighted by molar-refractivity contribution is 5.85. The van der Waals surface area contributed by atoms with Gasteiger partial charge in [0, 0.05) is 12.7 Å². The second-order valence-electron chi connectivity index (χ2n) is 5.90.